The van der Waals surface area contributed by atoms with Crippen LogP contribution >= 0.6 is 0 Å². The van der Waals surface area contributed by atoms with Gasteiger partial charge in [-0.05, 0) is 36.2 Å². The number of rotatable bonds is 8. The van der Waals surface area contributed by atoms with E-state index in [1.165, 1.54) is 0 Å². The Labute approximate surface area is 204 Å². The lowest BCUT2D eigenvalue weighted by Gasteiger charge is -2.31. The van der Waals surface area contributed by atoms with Gasteiger partial charge in [-0.15, -0.1) is 0 Å². The van der Waals surface area contributed by atoms with Crippen LogP contribution in [0, 0.1) is 0 Å². The van der Waals surface area contributed by atoms with Gasteiger partial charge in [0.2, 0.25) is 5.76 Å². The van der Waals surface area contributed by atoms with Gasteiger partial charge in [0, 0.05) is 32.2 Å². The van der Waals surface area contributed by atoms with Crippen molar-refractivity contribution in [1.29, 1.82) is 0 Å². The summed E-state index contributed by atoms with van der Waals surface area (Å²) >= 11 is 0. The van der Waals surface area contributed by atoms with Crippen LogP contribution in [-0.2, 0) is 4.74 Å². The molecule has 184 valence electrons. The second-order valence-corrected chi connectivity index (χ2v) is 8.81. The van der Waals surface area contributed by atoms with Gasteiger partial charge >= 0.3 is 0 Å². The number of nitrogens with zero attached hydrogens (tertiary/aromatic N) is 2. The molecule has 5 rings (SSSR count). The molecular formula is C27H30N2O6. The molecule has 1 saturated heterocycles. The van der Waals surface area contributed by atoms with Gasteiger partial charge in [0.05, 0.1) is 43.9 Å². The maximum atomic E-state index is 13.7. The first kappa shape index (κ1) is 23.4. The highest BCUT2D eigenvalue weighted by Gasteiger charge is 2.42. The number of fused-ring (bicyclic) bond motifs is 2. The van der Waals surface area contributed by atoms with E-state index in [9.17, 15) is 9.59 Å². The van der Waals surface area contributed by atoms with E-state index in [4.69, 9.17) is 18.6 Å². The zero-order valence-electron chi connectivity index (χ0n) is 20.1. The molecule has 3 heterocycles. The van der Waals surface area contributed by atoms with Gasteiger partial charge in [0.1, 0.15) is 17.1 Å². The zero-order chi connectivity index (χ0) is 24.4. The molecule has 2 aliphatic rings. The summed E-state index contributed by atoms with van der Waals surface area (Å²) < 4.78 is 22.7. The Morgan fingerprint density at radius 1 is 1.03 bits per heavy atom. The van der Waals surface area contributed by atoms with Crippen molar-refractivity contribution in [2.24, 2.45) is 0 Å². The molecule has 0 radical (unpaired) electrons. The minimum Gasteiger partial charge on any atom is -0.497 e. The average molecular weight is 479 g/mol. The summed E-state index contributed by atoms with van der Waals surface area (Å²) in [5, 5.41) is 0.427. The van der Waals surface area contributed by atoms with E-state index in [-0.39, 0.29) is 17.1 Å². The number of hydrogen-bond acceptors (Lipinski definition) is 7. The van der Waals surface area contributed by atoms with Gasteiger partial charge in [0.15, 0.2) is 5.43 Å². The van der Waals surface area contributed by atoms with E-state index in [1.807, 2.05) is 24.3 Å². The van der Waals surface area contributed by atoms with Crippen LogP contribution in [0.15, 0.2) is 51.7 Å². The third-order valence-electron chi connectivity index (χ3n) is 6.58. The quantitative estimate of drug-likeness (QED) is 0.490. The van der Waals surface area contributed by atoms with Gasteiger partial charge in [0.25, 0.3) is 5.91 Å². The van der Waals surface area contributed by atoms with E-state index in [1.54, 1.807) is 30.2 Å². The first-order valence-corrected chi connectivity index (χ1v) is 12.1. The predicted molar refractivity (Wildman–Crippen MR) is 131 cm³/mol. The van der Waals surface area contributed by atoms with Crippen LogP contribution in [0.3, 0.4) is 0 Å². The third kappa shape index (κ3) is 4.51. The molecule has 8 heteroatoms. The van der Waals surface area contributed by atoms with E-state index in [0.717, 1.165) is 25.1 Å². The lowest BCUT2D eigenvalue weighted by molar-refractivity contribution is 0.0314. The minimum atomic E-state index is -0.550. The fourth-order valence-corrected chi connectivity index (χ4v) is 4.77. The van der Waals surface area contributed by atoms with Crippen molar-refractivity contribution in [2.75, 3.05) is 53.1 Å². The first-order chi connectivity index (χ1) is 17.1. The number of carbonyl (C=O) groups is 1. The van der Waals surface area contributed by atoms with Crippen LogP contribution < -0.4 is 14.9 Å². The number of ether oxygens (including phenoxy) is 3. The average Bonchev–Trinajstić information content (AvgIpc) is 3.18. The Kier molecular flexibility index (Phi) is 6.74. The van der Waals surface area contributed by atoms with Crippen LogP contribution in [0.25, 0.3) is 11.0 Å². The zero-order valence-corrected chi connectivity index (χ0v) is 20.1. The van der Waals surface area contributed by atoms with E-state index >= 15 is 0 Å². The van der Waals surface area contributed by atoms with Crippen LogP contribution in [0.4, 0.5) is 0 Å². The Morgan fingerprint density at radius 2 is 1.86 bits per heavy atom. The van der Waals surface area contributed by atoms with Crippen molar-refractivity contribution in [1.82, 2.24) is 9.80 Å². The summed E-state index contributed by atoms with van der Waals surface area (Å²) in [6.45, 7) is 6.80. The fourth-order valence-electron chi connectivity index (χ4n) is 4.77. The van der Waals surface area contributed by atoms with Gasteiger partial charge in [-0.1, -0.05) is 19.1 Å². The predicted octanol–water partition coefficient (Wildman–Crippen LogP) is 3.47. The lowest BCUT2D eigenvalue weighted by Crippen LogP contribution is -2.42. The topological polar surface area (TPSA) is 81.5 Å². The maximum Gasteiger partial charge on any atom is 0.290 e. The molecule has 0 spiro atoms. The Balaban J connectivity index is 1.58. The molecule has 0 saturated carbocycles. The number of methoxy groups -OCH3 is 1. The number of benzene rings is 2. The van der Waals surface area contributed by atoms with Gasteiger partial charge in [-0.3, -0.25) is 14.5 Å². The Hall–Kier alpha value is -3.36. The highest BCUT2D eigenvalue weighted by molar-refractivity contribution is 5.99. The maximum absolute atomic E-state index is 13.7. The Morgan fingerprint density at radius 3 is 2.63 bits per heavy atom. The Bertz CT molecular complexity index is 1280. The highest BCUT2D eigenvalue weighted by atomic mass is 16.5. The number of carbonyl (C=O) groups excluding carboxylic acids is 1. The molecule has 1 aromatic heterocycles. The molecule has 3 aromatic rings. The molecule has 8 nitrogen and oxygen atoms in total. The molecule has 35 heavy (non-hydrogen) atoms. The SMILES string of the molecule is CCCOc1cccc(C2c3c(oc4cc(OC)ccc4c3=O)C(=O)N2CCN2CCOCC2)c1. The van der Waals surface area contributed by atoms with Crippen molar-refractivity contribution in [3.63, 3.8) is 0 Å². The van der Waals surface area contributed by atoms with Crippen molar-refractivity contribution in [3.05, 3.63) is 69.6 Å². The summed E-state index contributed by atoms with van der Waals surface area (Å²) in [5.41, 5.74) is 1.35. The summed E-state index contributed by atoms with van der Waals surface area (Å²) in [5.74, 6) is 1.10. The van der Waals surface area contributed by atoms with Gasteiger partial charge in [-0.25, -0.2) is 0 Å². The number of morpholine rings is 1. The van der Waals surface area contributed by atoms with E-state index < -0.39 is 6.04 Å². The molecule has 0 N–H and O–H groups in total. The highest BCUT2D eigenvalue weighted by Crippen LogP contribution is 2.39. The summed E-state index contributed by atoms with van der Waals surface area (Å²) in [7, 11) is 1.55. The second-order valence-electron chi connectivity index (χ2n) is 8.81. The lowest BCUT2D eigenvalue weighted by atomic mass is 9.98. The molecule has 1 unspecified atom stereocenters. The fraction of sp³-hybridized carbons (Fsp3) is 0.407. The van der Waals surface area contributed by atoms with Crippen LogP contribution in [0.2, 0.25) is 0 Å². The van der Waals surface area contributed by atoms with Crippen molar-refractivity contribution < 1.29 is 23.4 Å². The molecule has 2 aliphatic heterocycles. The first-order valence-electron chi connectivity index (χ1n) is 12.1. The minimum absolute atomic E-state index is 0.0996. The number of amides is 1. The molecule has 2 aromatic carbocycles. The van der Waals surface area contributed by atoms with E-state index in [0.29, 0.717) is 60.9 Å². The molecule has 1 amide bonds. The second kappa shape index (κ2) is 10.1. The van der Waals surface area contributed by atoms with Gasteiger partial charge < -0.3 is 23.5 Å². The van der Waals surface area contributed by atoms with Crippen molar-refractivity contribution >= 4 is 16.9 Å². The normalized spacial score (nSPS) is 18.2. The van der Waals surface area contributed by atoms with Gasteiger partial charge in [-0.2, -0.15) is 0 Å². The number of hydrogen-bond donors (Lipinski definition) is 0. The van der Waals surface area contributed by atoms with Crippen LogP contribution in [0.5, 0.6) is 11.5 Å². The smallest absolute Gasteiger partial charge is 0.290 e. The van der Waals surface area contributed by atoms with Crippen LogP contribution in [0.1, 0.15) is 41.1 Å². The molecule has 0 bridgehead atoms. The molecule has 1 fully saturated rings. The monoisotopic (exact) mass is 478 g/mol. The summed E-state index contributed by atoms with van der Waals surface area (Å²) in [4.78, 5) is 31.4. The van der Waals surface area contributed by atoms with Crippen molar-refractivity contribution in [2.45, 2.75) is 19.4 Å². The molecule has 0 aliphatic carbocycles. The van der Waals surface area contributed by atoms with Crippen LogP contribution in [-0.4, -0.2) is 68.8 Å². The van der Waals surface area contributed by atoms with Crippen molar-refractivity contribution in [3.8, 4) is 11.5 Å². The third-order valence-corrected chi connectivity index (χ3v) is 6.58. The largest absolute Gasteiger partial charge is 0.497 e. The molecular weight excluding hydrogens is 448 g/mol. The van der Waals surface area contributed by atoms with E-state index in [2.05, 4.69) is 11.8 Å². The summed E-state index contributed by atoms with van der Waals surface area (Å²) in [6.07, 6.45) is 0.889. The summed E-state index contributed by atoms with van der Waals surface area (Å²) in [6, 6.07) is 12.2. The molecule has 1 atom stereocenters. The standard InChI is InChI=1S/C27H30N2O6/c1-3-13-34-20-6-4-5-18(16-20)24-23-25(30)21-8-7-19(32-2)17-22(21)35-26(23)27(31)29(24)10-9-28-11-14-33-15-12-28/h4-8,16-17,24H,3,9-15H2,1-2H3.